The van der Waals surface area contributed by atoms with Gasteiger partial charge in [0.2, 0.25) is 0 Å². The van der Waals surface area contributed by atoms with Crippen LogP contribution in [-0.4, -0.2) is 30.2 Å². The van der Waals surface area contributed by atoms with E-state index in [-0.39, 0.29) is 11.7 Å². The van der Waals surface area contributed by atoms with Gasteiger partial charge in [0.05, 0.1) is 6.20 Å². The lowest BCUT2D eigenvalue weighted by Gasteiger charge is -2.12. The molecule has 0 unspecified atom stereocenters. The van der Waals surface area contributed by atoms with E-state index in [2.05, 4.69) is 15.5 Å². The molecule has 1 aromatic heterocycles. The Bertz CT molecular complexity index is 559. The van der Waals surface area contributed by atoms with Gasteiger partial charge in [-0.05, 0) is 17.7 Å². The number of nitrogen functional groups attached to an aromatic ring is 1. The van der Waals surface area contributed by atoms with Crippen LogP contribution in [0.15, 0.2) is 30.5 Å². The normalized spacial score (nSPS) is 10.2. The van der Waals surface area contributed by atoms with Gasteiger partial charge in [0.15, 0.2) is 0 Å². The van der Waals surface area contributed by atoms with Gasteiger partial charge in [-0.25, -0.2) is 0 Å². The van der Waals surface area contributed by atoms with E-state index in [1.54, 1.807) is 0 Å². The second-order valence-electron chi connectivity index (χ2n) is 4.44. The number of carbonyl (C=O) groups excluding carboxylic acids is 1. The van der Waals surface area contributed by atoms with Gasteiger partial charge in [-0.1, -0.05) is 12.1 Å². The highest BCUT2D eigenvalue weighted by Gasteiger charge is 2.10. The van der Waals surface area contributed by atoms with E-state index in [0.29, 0.717) is 12.1 Å². The smallest absolute Gasteiger partial charge is 0.256 e. The number of carbonyl (C=O) groups is 1. The van der Waals surface area contributed by atoms with Crippen molar-refractivity contribution in [2.75, 3.05) is 24.7 Å². The van der Waals surface area contributed by atoms with Crippen LogP contribution in [0.4, 0.5) is 11.5 Å². The lowest BCUT2D eigenvalue weighted by atomic mass is 10.2. The molecule has 6 nitrogen and oxygen atoms in total. The van der Waals surface area contributed by atoms with Crippen molar-refractivity contribution in [3.05, 3.63) is 41.6 Å². The van der Waals surface area contributed by atoms with Crippen LogP contribution in [0.1, 0.15) is 15.9 Å². The topological polar surface area (TPSA) is 87.0 Å². The largest absolute Gasteiger partial charge is 0.383 e. The van der Waals surface area contributed by atoms with Crippen molar-refractivity contribution < 1.29 is 4.79 Å². The molecule has 1 amide bonds. The van der Waals surface area contributed by atoms with Gasteiger partial charge in [0, 0.05) is 26.3 Å². The number of hydrogen-bond donors (Lipinski definition) is 3. The maximum Gasteiger partial charge on any atom is 0.256 e. The van der Waals surface area contributed by atoms with Crippen LogP contribution < -0.4 is 16.0 Å². The number of aromatic amines is 1. The first kappa shape index (κ1) is 12.9. The summed E-state index contributed by atoms with van der Waals surface area (Å²) in [7, 11) is 3.97. The highest BCUT2D eigenvalue weighted by atomic mass is 16.1. The first-order chi connectivity index (χ1) is 9.08. The molecule has 19 heavy (non-hydrogen) atoms. The molecule has 2 rings (SSSR count). The minimum absolute atomic E-state index is 0.233. The van der Waals surface area contributed by atoms with Crippen molar-refractivity contribution in [1.29, 1.82) is 0 Å². The SMILES string of the molecule is CN(C)c1ccc(CNC(=O)c2cn[nH]c2N)cc1. The first-order valence-corrected chi connectivity index (χ1v) is 5.91. The molecule has 2 aromatic rings. The Hall–Kier alpha value is -2.50. The van der Waals surface area contributed by atoms with Gasteiger partial charge in [-0.2, -0.15) is 5.10 Å². The number of H-pyrrole nitrogens is 1. The van der Waals surface area contributed by atoms with Gasteiger partial charge in [-0.15, -0.1) is 0 Å². The van der Waals surface area contributed by atoms with Crippen LogP contribution in [0, 0.1) is 0 Å². The Balaban J connectivity index is 1.95. The zero-order chi connectivity index (χ0) is 13.8. The predicted molar refractivity (Wildman–Crippen MR) is 74.9 cm³/mol. The molecule has 0 radical (unpaired) electrons. The monoisotopic (exact) mass is 259 g/mol. The Morgan fingerprint density at radius 3 is 2.58 bits per heavy atom. The molecule has 0 atom stereocenters. The maximum absolute atomic E-state index is 11.8. The number of aromatic nitrogens is 2. The summed E-state index contributed by atoms with van der Waals surface area (Å²) >= 11 is 0. The van der Waals surface area contributed by atoms with E-state index in [0.717, 1.165) is 11.3 Å². The Labute approximate surface area is 111 Å². The van der Waals surface area contributed by atoms with Gasteiger partial charge < -0.3 is 16.0 Å². The number of rotatable bonds is 4. The van der Waals surface area contributed by atoms with Crippen molar-refractivity contribution >= 4 is 17.4 Å². The number of nitrogens with zero attached hydrogens (tertiary/aromatic N) is 2. The summed E-state index contributed by atoms with van der Waals surface area (Å²) < 4.78 is 0. The molecule has 0 aliphatic carbocycles. The minimum Gasteiger partial charge on any atom is -0.383 e. The molecule has 0 aliphatic heterocycles. The number of benzene rings is 1. The Kier molecular flexibility index (Phi) is 3.70. The number of nitrogens with two attached hydrogens (primary N) is 1. The lowest BCUT2D eigenvalue weighted by Crippen LogP contribution is -2.23. The van der Waals surface area contributed by atoms with Crippen molar-refractivity contribution in [3.8, 4) is 0 Å². The lowest BCUT2D eigenvalue weighted by molar-refractivity contribution is 0.0952. The third-order valence-electron chi connectivity index (χ3n) is 2.82. The summed E-state index contributed by atoms with van der Waals surface area (Å²) in [6, 6.07) is 7.98. The molecule has 100 valence electrons. The molecular formula is C13H17N5O. The third-order valence-corrected chi connectivity index (χ3v) is 2.82. The summed E-state index contributed by atoms with van der Waals surface area (Å²) in [4.78, 5) is 13.8. The highest BCUT2D eigenvalue weighted by molar-refractivity contribution is 5.97. The van der Waals surface area contributed by atoms with E-state index < -0.39 is 0 Å². The Morgan fingerprint density at radius 1 is 1.37 bits per heavy atom. The van der Waals surface area contributed by atoms with Gasteiger partial charge >= 0.3 is 0 Å². The number of nitrogens with one attached hydrogen (secondary N) is 2. The van der Waals surface area contributed by atoms with Crippen molar-refractivity contribution in [2.24, 2.45) is 0 Å². The van der Waals surface area contributed by atoms with Crippen LogP contribution in [0.5, 0.6) is 0 Å². The van der Waals surface area contributed by atoms with Gasteiger partial charge in [0.25, 0.3) is 5.91 Å². The fourth-order valence-corrected chi connectivity index (χ4v) is 1.67. The Morgan fingerprint density at radius 2 is 2.05 bits per heavy atom. The fourth-order valence-electron chi connectivity index (χ4n) is 1.67. The molecule has 1 heterocycles. The molecule has 6 heteroatoms. The molecule has 0 spiro atoms. The van der Waals surface area contributed by atoms with Crippen LogP contribution in [0.25, 0.3) is 0 Å². The minimum atomic E-state index is -0.233. The van der Waals surface area contributed by atoms with Gasteiger partial charge in [-0.3, -0.25) is 9.89 Å². The fraction of sp³-hybridized carbons (Fsp3) is 0.231. The van der Waals surface area contributed by atoms with Crippen molar-refractivity contribution in [2.45, 2.75) is 6.54 Å². The third kappa shape index (κ3) is 3.04. The van der Waals surface area contributed by atoms with E-state index in [9.17, 15) is 4.79 Å². The molecule has 0 saturated carbocycles. The zero-order valence-corrected chi connectivity index (χ0v) is 11.0. The van der Waals surface area contributed by atoms with Crippen molar-refractivity contribution in [1.82, 2.24) is 15.5 Å². The first-order valence-electron chi connectivity index (χ1n) is 5.91. The van der Waals surface area contributed by atoms with Crippen molar-refractivity contribution in [3.63, 3.8) is 0 Å². The molecule has 0 saturated heterocycles. The second-order valence-corrected chi connectivity index (χ2v) is 4.44. The van der Waals surface area contributed by atoms with Gasteiger partial charge in [0.1, 0.15) is 11.4 Å². The molecule has 0 bridgehead atoms. The predicted octanol–water partition coefficient (Wildman–Crippen LogP) is 0.988. The summed E-state index contributed by atoms with van der Waals surface area (Å²) in [6.07, 6.45) is 1.42. The second kappa shape index (κ2) is 5.43. The quantitative estimate of drug-likeness (QED) is 0.764. The molecule has 1 aromatic carbocycles. The standard InChI is InChI=1S/C13H17N5O/c1-18(2)10-5-3-9(4-6-10)7-15-13(19)11-8-16-17-12(11)14/h3-6,8H,7H2,1-2H3,(H,15,19)(H3,14,16,17). The average molecular weight is 259 g/mol. The van der Waals surface area contributed by atoms with Crippen LogP contribution in [0.3, 0.4) is 0 Å². The molecule has 0 aliphatic rings. The van der Waals surface area contributed by atoms with E-state index >= 15 is 0 Å². The summed E-state index contributed by atoms with van der Waals surface area (Å²) in [5.41, 5.74) is 8.09. The average Bonchev–Trinajstić information content (AvgIpc) is 2.83. The van der Waals surface area contributed by atoms with Crippen LogP contribution in [0.2, 0.25) is 0 Å². The van der Waals surface area contributed by atoms with Crippen LogP contribution >= 0.6 is 0 Å². The van der Waals surface area contributed by atoms with E-state index in [1.807, 2.05) is 43.3 Å². The van der Waals surface area contributed by atoms with E-state index in [1.165, 1.54) is 6.20 Å². The number of amides is 1. The zero-order valence-electron chi connectivity index (χ0n) is 11.0. The molecular weight excluding hydrogens is 242 g/mol. The number of anilines is 2. The molecule has 0 fully saturated rings. The van der Waals surface area contributed by atoms with Crippen LogP contribution in [-0.2, 0) is 6.54 Å². The summed E-state index contributed by atoms with van der Waals surface area (Å²) in [5, 5.41) is 9.04. The highest BCUT2D eigenvalue weighted by Crippen LogP contribution is 2.12. The number of hydrogen-bond acceptors (Lipinski definition) is 4. The molecule has 4 N–H and O–H groups in total. The maximum atomic E-state index is 11.8. The summed E-state index contributed by atoms with van der Waals surface area (Å²) in [5.74, 6) is 0.0448. The summed E-state index contributed by atoms with van der Waals surface area (Å²) in [6.45, 7) is 0.456. The van der Waals surface area contributed by atoms with E-state index in [4.69, 9.17) is 5.73 Å².